The molecule has 0 spiro atoms. The van der Waals surface area contributed by atoms with Crippen LogP contribution in [0.15, 0.2) is 19.1 Å². The zero-order valence-corrected chi connectivity index (χ0v) is 10.8. The Morgan fingerprint density at radius 1 is 1.55 bits per heavy atom. The standard InChI is InChI=1S/C13H16N4O3/c1-2-7-4-17(10-3-8(19)9(5-18)20-10)13-11(7)12(14)15-6-16-13/h2,4,6,8-10,18-19H,1,3,5H2,(H2,14,15,16)/t8-,9-,10-/m1/s1. The smallest absolute Gasteiger partial charge is 0.148 e. The van der Waals surface area contributed by atoms with Gasteiger partial charge in [-0.1, -0.05) is 12.7 Å². The van der Waals surface area contributed by atoms with Crippen LogP contribution in [0.3, 0.4) is 0 Å². The van der Waals surface area contributed by atoms with Crippen LogP contribution in [0.25, 0.3) is 17.1 Å². The minimum Gasteiger partial charge on any atom is -0.394 e. The Hall–Kier alpha value is -1.96. The Labute approximate surface area is 115 Å². The number of aliphatic hydroxyl groups excluding tert-OH is 2. The van der Waals surface area contributed by atoms with E-state index in [1.54, 1.807) is 10.6 Å². The lowest BCUT2D eigenvalue weighted by atomic mass is 10.2. The average Bonchev–Trinajstić information content (AvgIpc) is 3.00. The normalized spacial score (nSPS) is 26.2. The first-order valence-corrected chi connectivity index (χ1v) is 6.33. The molecule has 0 radical (unpaired) electrons. The van der Waals surface area contributed by atoms with Crippen molar-refractivity contribution < 1.29 is 14.9 Å². The molecule has 1 saturated heterocycles. The summed E-state index contributed by atoms with van der Waals surface area (Å²) in [5.74, 6) is 0.376. The van der Waals surface area contributed by atoms with Gasteiger partial charge in [-0.3, -0.25) is 0 Å². The van der Waals surface area contributed by atoms with E-state index in [2.05, 4.69) is 16.5 Å². The molecular formula is C13H16N4O3. The molecule has 0 amide bonds. The number of aliphatic hydroxyl groups is 2. The monoisotopic (exact) mass is 276 g/mol. The van der Waals surface area contributed by atoms with Crippen molar-refractivity contribution in [2.75, 3.05) is 12.3 Å². The largest absolute Gasteiger partial charge is 0.394 e. The van der Waals surface area contributed by atoms with Gasteiger partial charge in [0.2, 0.25) is 0 Å². The van der Waals surface area contributed by atoms with Crippen molar-refractivity contribution in [3.63, 3.8) is 0 Å². The fourth-order valence-electron chi connectivity index (χ4n) is 2.56. The maximum absolute atomic E-state index is 9.84. The second-order valence-electron chi connectivity index (χ2n) is 4.77. The molecule has 0 unspecified atom stereocenters. The third-order valence-electron chi connectivity index (χ3n) is 3.58. The highest BCUT2D eigenvalue weighted by molar-refractivity contribution is 5.94. The first kappa shape index (κ1) is 13.0. The molecule has 4 N–H and O–H groups in total. The van der Waals surface area contributed by atoms with Gasteiger partial charge in [-0.15, -0.1) is 0 Å². The molecule has 0 saturated carbocycles. The molecule has 2 aromatic heterocycles. The third-order valence-corrected chi connectivity index (χ3v) is 3.58. The number of rotatable bonds is 3. The second-order valence-corrected chi connectivity index (χ2v) is 4.77. The summed E-state index contributed by atoms with van der Waals surface area (Å²) in [5, 5.41) is 19.7. The number of nitrogen functional groups attached to an aromatic ring is 1. The van der Waals surface area contributed by atoms with E-state index >= 15 is 0 Å². The van der Waals surface area contributed by atoms with Gasteiger partial charge in [0, 0.05) is 18.2 Å². The lowest BCUT2D eigenvalue weighted by Gasteiger charge is -2.14. The molecule has 2 aromatic rings. The first-order chi connectivity index (χ1) is 9.65. The summed E-state index contributed by atoms with van der Waals surface area (Å²) in [7, 11) is 0. The van der Waals surface area contributed by atoms with E-state index in [4.69, 9.17) is 15.6 Å². The van der Waals surface area contributed by atoms with Crippen molar-refractivity contribution in [3.8, 4) is 0 Å². The Morgan fingerprint density at radius 3 is 3.00 bits per heavy atom. The number of fused-ring (bicyclic) bond motifs is 1. The average molecular weight is 276 g/mol. The van der Waals surface area contributed by atoms with Crippen molar-refractivity contribution in [1.82, 2.24) is 14.5 Å². The molecule has 3 atom stereocenters. The number of nitrogens with two attached hydrogens (primary N) is 1. The minimum absolute atomic E-state index is 0.220. The van der Waals surface area contributed by atoms with Gasteiger partial charge in [-0.25, -0.2) is 9.97 Å². The second kappa shape index (κ2) is 4.86. The van der Waals surface area contributed by atoms with Crippen LogP contribution < -0.4 is 5.73 Å². The van der Waals surface area contributed by atoms with Crippen LogP contribution in [-0.2, 0) is 4.74 Å². The van der Waals surface area contributed by atoms with Crippen LogP contribution >= 0.6 is 0 Å². The summed E-state index contributed by atoms with van der Waals surface area (Å²) in [4.78, 5) is 8.21. The summed E-state index contributed by atoms with van der Waals surface area (Å²) >= 11 is 0. The van der Waals surface area contributed by atoms with E-state index in [0.717, 1.165) is 5.56 Å². The highest BCUT2D eigenvalue weighted by atomic mass is 16.5. The Kier molecular flexibility index (Phi) is 3.17. The summed E-state index contributed by atoms with van der Waals surface area (Å²) in [5.41, 5.74) is 7.32. The molecule has 3 heterocycles. The predicted octanol–water partition coefficient (Wildman–Crippen LogP) is 0.297. The molecule has 106 valence electrons. The van der Waals surface area contributed by atoms with Crippen LogP contribution in [0.1, 0.15) is 18.2 Å². The van der Waals surface area contributed by atoms with Crippen molar-refractivity contribution in [3.05, 3.63) is 24.7 Å². The Bertz CT molecular complexity index is 654. The Balaban J connectivity index is 2.09. The predicted molar refractivity (Wildman–Crippen MR) is 73.7 cm³/mol. The molecule has 1 aliphatic rings. The highest BCUT2D eigenvalue weighted by Crippen LogP contribution is 2.34. The van der Waals surface area contributed by atoms with Crippen LogP contribution in [0.4, 0.5) is 5.82 Å². The topological polar surface area (TPSA) is 106 Å². The Morgan fingerprint density at radius 2 is 2.35 bits per heavy atom. The number of anilines is 1. The molecule has 3 rings (SSSR count). The van der Waals surface area contributed by atoms with Gasteiger partial charge in [-0.05, 0) is 0 Å². The van der Waals surface area contributed by atoms with E-state index in [0.29, 0.717) is 23.3 Å². The molecular weight excluding hydrogens is 260 g/mol. The van der Waals surface area contributed by atoms with Crippen LogP contribution in [0, 0.1) is 0 Å². The van der Waals surface area contributed by atoms with Crippen LogP contribution in [-0.4, -0.2) is 43.6 Å². The van der Waals surface area contributed by atoms with Crippen LogP contribution in [0.2, 0.25) is 0 Å². The van der Waals surface area contributed by atoms with Gasteiger partial charge in [0.1, 0.15) is 30.1 Å². The van der Waals surface area contributed by atoms with Gasteiger partial charge < -0.3 is 25.3 Å². The van der Waals surface area contributed by atoms with E-state index in [1.165, 1.54) is 6.33 Å². The lowest BCUT2D eigenvalue weighted by molar-refractivity contribution is -0.0430. The number of ether oxygens (including phenoxy) is 1. The van der Waals surface area contributed by atoms with E-state index in [9.17, 15) is 5.11 Å². The van der Waals surface area contributed by atoms with E-state index in [1.807, 2.05) is 6.20 Å². The minimum atomic E-state index is -0.700. The molecule has 7 nitrogen and oxygen atoms in total. The number of hydrogen-bond acceptors (Lipinski definition) is 6. The molecule has 1 aliphatic heterocycles. The summed E-state index contributed by atoms with van der Waals surface area (Å²) in [6, 6.07) is 0. The molecule has 1 fully saturated rings. The fourth-order valence-corrected chi connectivity index (χ4v) is 2.56. The van der Waals surface area contributed by atoms with E-state index in [-0.39, 0.29) is 6.61 Å². The number of nitrogens with zero attached hydrogens (tertiary/aromatic N) is 3. The summed E-state index contributed by atoms with van der Waals surface area (Å²) in [6.07, 6.45) is 3.59. The molecule has 0 aliphatic carbocycles. The van der Waals surface area contributed by atoms with E-state index < -0.39 is 18.4 Å². The summed E-state index contributed by atoms with van der Waals surface area (Å²) in [6.45, 7) is 3.53. The van der Waals surface area contributed by atoms with Gasteiger partial charge in [0.25, 0.3) is 0 Å². The SMILES string of the molecule is C=Cc1cn([C@H]2C[C@@H](O)[C@@H](CO)O2)c2ncnc(N)c12. The molecule has 0 aromatic carbocycles. The quantitative estimate of drug-likeness (QED) is 0.744. The summed E-state index contributed by atoms with van der Waals surface area (Å²) < 4.78 is 7.44. The zero-order valence-electron chi connectivity index (χ0n) is 10.8. The van der Waals surface area contributed by atoms with Crippen molar-refractivity contribution in [2.24, 2.45) is 0 Å². The first-order valence-electron chi connectivity index (χ1n) is 6.33. The third kappa shape index (κ3) is 1.87. The highest BCUT2D eigenvalue weighted by Gasteiger charge is 2.35. The van der Waals surface area contributed by atoms with Crippen molar-refractivity contribution in [2.45, 2.75) is 24.9 Å². The molecule has 0 bridgehead atoms. The molecule has 7 heteroatoms. The van der Waals surface area contributed by atoms with Crippen molar-refractivity contribution in [1.29, 1.82) is 0 Å². The van der Waals surface area contributed by atoms with Crippen LogP contribution in [0.5, 0.6) is 0 Å². The van der Waals surface area contributed by atoms with Gasteiger partial charge in [-0.2, -0.15) is 0 Å². The lowest BCUT2D eigenvalue weighted by Crippen LogP contribution is -2.24. The van der Waals surface area contributed by atoms with Crippen molar-refractivity contribution >= 4 is 22.9 Å². The van der Waals surface area contributed by atoms with Gasteiger partial charge in [0.15, 0.2) is 0 Å². The number of hydrogen-bond donors (Lipinski definition) is 3. The fraction of sp³-hybridized carbons (Fsp3) is 0.385. The number of aromatic nitrogens is 3. The zero-order chi connectivity index (χ0) is 14.3. The molecule has 20 heavy (non-hydrogen) atoms. The van der Waals surface area contributed by atoms with Gasteiger partial charge >= 0.3 is 0 Å². The maximum Gasteiger partial charge on any atom is 0.148 e. The maximum atomic E-state index is 9.84. The van der Waals surface area contributed by atoms with Gasteiger partial charge in [0.05, 0.1) is 18.1 Å².